The van der Waals surface area contributed by atoms with Crippen LogP contribution in [0.1, 0.15) is 32.6 Å². The summed E-state index contributed by atoms with van der Waals surface area (Å²) in [6.45, 7) is 2.36. The zero-order valence-electron chi connectivity index (χ0n) is 7.51. The van der Waals surface area contributed by atoms with Gasteiger partial charge >= 0.3 is 0 Å². The summed E-state index contributed by atoms with van der Waals surface area (Å²) >= 11 is 1.98. The number of ether oxygens (including phenoxy) is 1. The lowest BCUT2D eigenvalue weighted by atomic mass is 9.91. The molecule has 0 aliphatic heterocycles. The topological polar surface area (TPSA) is 9.23 Å². The van der Waals surface area contributed by atoms with Crippen LogP contribution in [0.4, 0.5) is 0 Å². The van der Waals surface area contributed by atoms with E-state index in [2.05, 4.69) is 6.92 Å². The Balaban J connectivity index is 2.12. The molecule has 0 saturated heterocycles. The quantitative estimate of drug-likeness (QED) is 0.608. The molecule has 11 heavy (non-hydrogen) atoms. The van der Waals surface area contributed by atoms with Crippen LogP contribution in [0.3, 0.4) is 0 Å². The molecule has 2 atom stereocenters. The lowest BCUT2D eigenvalue weighted by Gasteiger charge is -2.25. The summed E-state index contributed by atoms with van der Waals surface area (Å²) in [4.78, 5) is 0. The molecule has 0 bridgehead atoms. The molecule has 2 heteroatoms. The van der Waals surface area contributed by atoms with Gasteiger partial charge in [0.1, 0.15) is 0 Å². The first-order valence-corrected chi connectivity index (χ1v) is 5.48. The van der Waals surface area contributed by atoms with E-state index in [0.29, 0.717) is 0 Å². The van der Waals surface area contributed by atoms with E-state index < -0.39 is 0 Å². The summed E-state index contributed by atoms with van der Waals surface area (Å²) in [5.41, 5.74) is 0. The highest BCUT2D eigenvalue weighted by atomic mass is 32.2. The minimum Gasteiger partial charge on any atom is -0.374 e. The van der Waals surface area contributed by atoms with E-state index in [1.54, 1.807) is 7.11 Å². The van der Waals surface area contributed by atoms with E-state index in [0.717, 1.165) is 17.1 Å². The van der Waals surface area contributed by atoms with Gasteiger partial charge in [0.25, 0.3) is 0 Å². The normalized spacial score (nSPS) is 32.2. The van der Waals surface area contributed by atoms with Gasteiger partial charge in [0, 0.05) is 12.4 Å². The third kappa shape index (κ3) is 3.48. The van der Waals surface area contributed by atoms with Gasteiger partial charge in [-0.05, 0) is 18.8 Å². The predicted octanol–water partition coefficient (Wildman–Crippen LogP) is 2.90. The molecule has 1 rings (SSSR count). The molecule has 0 aromatic heterocycles. The number of hydrogen-bond donors (Lipinski definition) is 0. The summed E-state index contributed by atoms with van der Waals surface area (Å²) in [6, 6.07) is 0. The molecule has 1 nitrogen and oxygen atoms in total. The van der Waals surface area contributed by atoms with Gasteiger partial charge < -0.3 is 4.74 Å². The molecule has 0 spiro atoms. The monoisotopic (exact) mass is 174 g/mol. The first-order valence-electron chi connectivity index (χ1n) is 4.43. The summed E-state index contributed by atoms with van der Waals surface area (Å²) in [5.74, 6) is 1.82. The van der Waals surface area contributed by atoms with Crippen LogP contribution in [0.25, 0.3) is 0 Å². The van der Waals surface area contributed by atoms with Gasteiger partial charge in [-0.1, -0.05) is 19.8 Å². The van der Waals surface area contributed by atoms with Crippen LogP contribution >= 0.6 is 11.8 Å². The number of rotatable bonds is 3. The van der Waals surface area contributed by atoms with Crippen molar-refractivity contribution in [3.05, 3.63) is 0 Å². The van der Waals surface area contributed by atoms with Crippen molar-refractivity contribution in [1.29, 1.82) is 0 Å². The van der Waals surface area contributed by atoms with Gasteiger partial charge in [0.2, 0.25) is 0 Å². The van der Waals surface area contributed by atoms with Crippen LogP contribution in [0.2, 0.25) is 0 Å². The maximum absolute atomic E-state index is 5.04. The minimum absolute atomic E-state index is 0.872. The average molecular weight is 174 g/mol. The van der Waals surface area contributed by atoms with Crippen LogP contribution in [0.5, 0.6) is 0 Å². The molecule has 66 valence electrons. The summed E-state index contributed by atoms with van der Waals surface area (Å²) in [5, 5.41) is 0.874. The average Bonchev–Trinajstić information content (AvgIpc) is 2.01. The molecule has 1 aliphatic rings. The van der Waals surface area contributed by atoms with E-state index in [9.17, 15) is 0 Å². The van der Waals surface area contributed by atoms with Crippen LogP contribution in [-0.2, 0) is 4.74 Å². The second kappa shape index (κ2) is 5.04. The van der Waals surface area contributed by atoms with Gasteiger partial charge in [-0.25, -0.2) is 0 Å². The Morgan fingerprint density at radius 2 is 2.27 bits per heavy atom. The molecule has 2 unspecified atom stereocenters. The van der Waals surface area contributed by atoms with Crippen LogP contribution < -0.4 is 0 Å². The van der Waals surface area contributed by atoms with Crippen molar-refractivity contribution in [2.75, 3.05) is 13.0 Å². The van der Waals surface area contributed by atoms with Crippen LogP contribution in [-0.4, -0.2) is 18.3 Å². The first-order chi connectivity index (χ1) is 5.33. The van der Waals surface area contributed by atoms with E-state index in [-0.39, 0.29) is 0 Å². The third-order valence-corrected chi connectivity index (χ3v) is 3.58. The van der Waals surface area contributed by atoms with Gasteiger partial charge in [0.05, 0.1) is 5.94 Å². The van der Waals surface area contributed by atoms with E-state index in [4.69, 9.17) is 4.74 Å². The summed E-state index contributed by atoms with van der Waals surface area (Å²) in [7, 11) is 1.78. The van der Waals surface area contributed by atoms with Gasteiger partial charge in [-0.3, -0.25) is 0 Å². The highest BCUT2D eigenvalue weighted by molar-refractivity contribution is 7.99. The molecule has 1 fully saturated rings. The Morgan fingerprint density at radius 1 is 1.45 bits per heavy atom. The highest BCUT2D eigenvalue weighted by Gasteiger charge is 2.18. The molecule has 0 aromatic rings. The molecular formula is C9H18OS. The van der Waals surface area contributed by atoms with Gasteiger partial charge in [0.15, 0.2) is 0 Å². The molecule has 1 aliphatic carbocycles. The van der Waals surface area contributed by atoms with Crippen LogP contribution in [0, 0.1) is 5.92 Å². The molecular weight excluding hydrogens is 156 g/mol. The molecule has 0 heterocycles. The Kier molecular flexibility index (Phi) is 4.31. The molecule has 0 radical (unpaired) electrons. The van der Waals surface area contributed by atoms with Gasteiger partial charge in [-0.2, -0.15) is 0 Å². The third-order valence-electron chi connectivity index (χ3n) is 2.31. The fraction of sp³-hybridized carbons (Fsp3) is 1.00. The van der Waals surface area contributed by atoms with Crippen molar-refractivity contribution in [3.8, 4) is 0 Å². The molecule has 0 N–H and O–H groups in total. The summed E-state index contributed by atoms with van der Waals surface area (Å²) in [6.07, 6.45) is 5.65. The zero-order valence-corrected chi connectivity index (χ0v) is 8.32. The SMILES string of the molecule is COCSC1CCCC(C)C1. The second-order valence-electron chi connectivity index (χ2n) is 3.47. The van der Waals surface area contributed by atoms with E-state index in [1.807, 2.05) is 11.8 Å². The zero-order chi connectivity index (χ0) is 8.10. The second-order valence-corrected chi connectivity index (χ2v) is 4.70. The smallest absolute Gasteiger partial charge is 0.0919 e. The number of methoxy groups -OCH3 is 1. The fourth-order valence-corrected chi connectivity index (χ4v) is 2.82. The van der Waals surface area contributed by atoms with Gasteiger partial charge in [-0.15, -0.1) is 11.8 Å². The van der Waals surface area contributed by atoms with Crippen molar-refractivity contribution < 1.29 is 4.74 Å². The maximum Gasteiger partial charge on any atom is 0.0919 e. The van der Waals surface area contributed by atoms with Crippen molar-refractivity contribution in [2.45, 2.75) is 37.9 Å². The molecule has 0 aromatic carbocycles. The minimum atomic E-state index is 0.872. The van der Waals surface area contributed by atoms with Crippen molar-refractivity contribution in [2.24, 2.45) is 5.92 Å². The van der Waals surface area contributed by atoms with Crippen molar-refractivity contribution in [1.82, 2.24) is 0 Å². The Hall–Kier alpha value is 0.310. The highest BCUT2D eigenvalue weighted by Crippen LogP contribution is 2.31. The summed E-state index contributed by atoms with van der Waals surface area (Å²) < 4.78 is 5.04. The van der Waals surface area contributed by atoms with Crippen molar-refractivity contribution >= 4 is 11.8 Å². The van der Waals surface area contributed by atoms with E-state index in [1.165, 1.54) is 25.7 Å². The Bertz CT molecular complexity index is 106. The first kappa shape index (κ1) is 9.40. The van der Waals surface area contributed by atoms with E-state index >= 15 is 0 Å². The largest absolute Gasteiger partial charge is 0.374 e. The lowest BCUT2D eigenvalue weighted by molar-refractivity contribution is 0.257. The standard InChI is InChI=1S/C9H18OS/c1-8-4-3-5-9(6-8)11-7-10-2/h8-9H,3-7H2,1-2H3. The lowest BCUT2D eigenvalue weighted by Crippen LogP contribution is -2.15. The van der Waals surface area contributed by atoms with Crippen LogP contribution in [0.15, 0.2) is 0 Å². The molecule has 1 saturated carbocycles. The number of hydrogen-bond acceptors (Lipinski definition) is 2. The van der Waals surface area contributed by atoms with Crippen molar-refractivity contribution in [3.63, 3.8) is 0 Å². The molecule has 0 amide bonds. The Morgan fingerprint density at radius 3 is 2.91 bits per heavy atom. The number of thioether (sulfide) groups is 1. The maximum atomic E-state index is 5.04. The fourth-order valence-electron chi connectivity index (χ4n) is 1.69. The Labute approximate surface area is 73.9 Å². The predicted molar refractivity (Wildman–Crippen MR) is 50.9 cm³/mol.